The molecule has 1 aromatic carbocycles. The number of nitrogens with zero attached hydrogens (tertiary/aromatic N) is 5. The first kappa shape index (κ1) is 20.8. The molecule has 34 heavy (non-hydrogen) atoms. The standard InChI is InChI=1S/C26H25FN6O/c1-14-3-6-20-21(7-14)15(2)34-23-10-18(11-30-26(23)28)25-22(31-32-33(25)13-16-4-5-16)9-17-8-19(27)12-29-24(17)20/h3,6-8,10-12,15-16H,4-5,9,13H2,1-2H3,(H2,28,30). The van der Waals surface area contributed by atoms with E-state index in [4.69, 9.17) is 10.5 Å². The van der Waals surface area contributed by atoms with Gasteiger partial charge in [-0.25, -0.2) is 14.1 Å². The van der Waals surface area contributed by atoms with Crippen LogP contribution < -0.4 is 10.5 Å². The van der Waals surface area contributed by atoms with Crippen molar-refractivity contribution in [1.82, 2.24) is 25.0 Å². The molecule has 0 spiro atoms. The second kappa shape index (κ2) is 7.90. The molecule has 0 amide bonds. The minimum Gasteiger partial charge on any atom is -0.482 e. The van der Waals surface area contributed by atoms with Crippen molar-refractivity contribution in [3.05, 3.63) is 70.9 Å². The van der Waals surface area contributed by atoms with Crippen molar-refractivity contribution >= 4 is 5.82 Å². The van der Waals surface area contributed by atoms with Crippen molar-refractivity contribution in [2.24, 2.45) is 5.92 Å². The highest BCUT2D eigenvalue weighted by Crippen LogP contribution is 2.39. The summed E-state index contributed by atoms with van der Waals surface area (Å²) in [5.74, 6) is 1.05. The van der Waals surface area contributed by atoms with Crippen LogP contribution in [0.2, 0.25) is 0 Å². The first-order valence-corrected chi connectivity index (χ1v) is 11.6. The molecular weight excluding hydrogens is 431 g/mol. The average molecular weight is 457 g/mol. The maximum atomic E-state index is 14.4. The third-order valence-electron chi connectivity index (χ3n) is 6.58. The maximum absolute atomic E-state index is 14.4. The number of anilines is 1. The molecule has 1 aliphatic carbocycles. The first-order valence-electron chi connectivity index (χ1n) is 11.6. The third-order valence-corrected chi connectivity index (χ3v) is 6.58. The summed E-state index contributed by atoms with van der Waals surface area (Å²) in [6.45, 7) is 4.79. The van der Waals surface area contributed by atoms with E-state index >= 15 is 0 Å². The molecule has 4 heterocycles. The van der Waals surface area contributed by atoms with E-state index in [2.05, 4.69) is 26.3 Å². The van der Waals surface area contributed by atoms with Gasteiger partial charge in [-0.15, -0.1) is 5.10 Å². The van der Waals surface area contributed by atoms with Crippen molar-refractivity contribution in [3.63, 3.8) is 0 Å². The molecule has 2 bridgehead atoms. The molecular formula is C26H25FN6O. The highest BCUT2D eigenvalue weighted by atomic mass is 19.1. The van der Waals surface area contributed by atoms with Gasteiger partial charge in [-0.05, 0) is 50.3 Å². The predicted octanol–water partition coefficient (Wildman–Crippen LogP) is 4.89. The van der Waals surface area contributed by atoms with Gasteiger partial charge in [0.1, 0.15) is 11.9 Å². The second-order valence-corrected chi connectivity index (χ2v) is 9.31. The second-order valence-electron chi connectivity index (χ2n) is 9.31. The number of benzene rings is 1. The summed E-state index contributed by atoms with van der Waals surface area (Å²) < 4.78 is 22.7. The van der Waals surface area contributed by atoms with Crippen LogP contribution in [0.1, 0.15) is 48.3 Å². The van der Waals surface area contributed by atoms with Gasteiger partial charge in [-0.3, -0.25) is 4.98 Å². The molecule has 2 N–H and O–H groups in total. The van der Waals surface area contributed by atoms with Crippen LogP contribution in [0, 0.1) is 18.7 Å². The number of ether oxygens (including phenoxy) is 1. The van der Waals surface area contributed by atoms with Crippen molar-refractivity contribution in [3.8, 4) is 28.3 Å². The van der Waals surface area contributed by atoms with Gasteiger partial charge in [-0.1, -0.05) is 29.0 Å². The fourth-order valence-electron chi connectivity index (χ4n) is 4.66. The summed E-state index contributed by atoms with van der Waals surface area (Å²) in [7, 11) is 0. The molecule has 0 radical (unpaired) electrons. The highest BCUT2D eigenvalue weighted by molar-refractivity contribution is 5.71. The van der Waals surface area contributed by atoms with Crippen LogP contribution in [-0.2, 0) is 13.0 Å². The molecule has 2 aliphatic rings. The SMILES string of the molecule is Cc1ccc2c(c1)C(C)Oc1cc(cnc1N)-c1c(nnn1CC1CC1)Cc1cc(F)cnc1-2. The number of hydrogen-bond acceptors (Lipinski definition) is 6. The molecule has 172 valence electrons. The van der Waals surface area contributed by atoms with Gasteiger partial charge in [-0.2, -0.15) is 0 Å². The molecule has 1 fully saturated rings. The fourth-order valence-corrected chi connectivity index (χ4v) is 4.66. The number of aryl methyl sites for hydroxylation is 1. The summed E-state index contributed by atoms with van der Waals surface area (Å²) >= 11 is 0. The van der Waals surface area contributed by atoms with Crippen LogP contribution in [0.5, 0.6) is 5.75 Å². The Morgan fingerprint density at radius 1 is 1.15 bits per heavy atom. The Balaban J connectivity index is 1.61. The predicted molar refractivity (Wildman–Crippen MR) is 127 cm³/mol. The number of rotatable bonds is 2. The van der Waals surface area contributed by atoms with Crippen molar-refractivity contribution < 1.29 is 9.13 Å². The largest absolute Gasteiger partial charge is 0.482 e. The lowest BCUT2D eigenvalue weighted by Gasteiger charge is -2.22. The van der Waals surface area contributed by atoms with Gasteiger partial charge >= 0.3 is 0 Å². The van der Waals surface area contributed by atoms with Crippen LogP contribution in [0.25, 0.3) is 22.5 Å². The third kappa shape index (κ3) is 3.69. The number of halogens is 1. The van der Waals surface area contributed by atoms with Crippen molar-refractivity contribution in [2.75, 3.05) is 5.73 Å². The maximum Gasteiger partial charge on any atom is 0.166 e. The average Bonchev–Trinajstić information content (AvgIpc) is 3.54. The minimum absolute atomic E-state index is 0.324. The van der Waals surface area contributed by atoms with Crippen LogP contribution in [0.3, 0.4) is 0 Å². The normalized spacial score (nSPS) is 17.0. The molecule has 4 aromatic rings. The zero-order chi connectivity index (χ0) is 23.4. The Labute approximate surface area is 196 Å². The fraction of sp³-hybridized carbons (Fsp3) is 0.308. The van der Waals surface area contributed by atoms with E-state index in [1.165, 1.54) is 19.0 Å². The van der Waals surface area contributed by atoms with Crippen LogP contribution in [-0.4, -0.2) is 25.0 Å². The number of hydrogen-bond donors (Lipinski definition) is 1. The topological polar surface area (TPSA) is 91.7 Å². The van der Waals surface area contributed by atoms with Gasteiger partial charge < -0.3 is 10.5 Å². The Morgan fingerprint density at radius 3 is 2.82 bits per heavy atom. The summed E-state index contributed by atoms with van der Waals surface area (Å²) in [4.78, 5) is 8.94. The van der Waals surface area contributed by atoms with Crippen LogP contribution >= 0.6 is 0 Å². The van der Waals surface area contributed by atoms with E-state index in [9.17, 15) is 4.39 Å². The van der Waals surface area contributed by atoms with Crippen molar-refractivity contribution in [1.29, 1.82) is 0 Å². The molecule has 8 heteroatoms. The molecule has 1 unspecified atom stereocenters. The summed E-state index contributed by atoms with van der Waals surface area (Å²) in [6, 6.07) is 9.57. The summed E-state index contributed by atoms with van der Waals surface area (Å²) in [6.07, 6.45) is 5.43. The molecule has 1 aliphatic heterocycles. The first-order chi connectivity index (χ1) is 16.5. The van der Waals surface area contributed by atoms with Gasteiger partial charge in [0.05, 0.1) is 23.3 Å². The molecule has 7 nitrogen and oxygen atoms in total. The van der Waals surface area contributed by atoms with Crippen LogP contribution in [0.15, 0.2) is 42.7 Å². The molecule has 0 saturated heterocycles. The zero-order valence-electron chi connectivity index (χ0n) is 19.1. The Hall–Kier alpha value is -3.81. The Kier molecular flexibility index (Phi) is 4.83. The van der Waals surface area contributed by atoms with E-state index < -0.39 is 0 Å². The van der Waals surface area contributed by atoms with Gasteiger partial charge in [0.2, 0.25) is 0 Å². The lowest BCUT2D eigenvalue weighted by Crippen LogP contribution is -2.11. The smallest absolute Gasteiger partial charge is 0.166 e. The van der Waals surface area contributed by atoms with Gasteiger partial charge in [0.25, 0.3) is 0 Å². The summed E-state index contributed by atoms with van der Waals surface area (Å²) in [5, 5.41) is 8.98. The minimum atomic E-state index is -0.382. The zero-order valence-corrected chi connectivity index (χ0v) is 19.1. The lowest BCUT2D eigenvalue weighted by atomic mass is 9.93. The molecule has 3 aromatic heterocycles. The lowest BCUT2D eigenvalue weighted by molar-refractivity contribution is 0.228. The summed E-state index contributed by atoms with van der Waals surface area (Å²) in [5.41, 5.74) is 13.0. The number of aromatic nitrogens is 5. The molecule has 1 saturated carbocycles. The number of nitrogens with two attached hydrogens (primary N) is 1. The quantitative estimate of drug-likeness (QED) is 0.462. The Morgan fingerprint density at radius 2 is 2.00 bits per heavy atom. The van der Waals surface area contributed by atoms with E-state index in [1.54, 1.807) is 12.3 Å². The van der Waals surface area contributed by atoms with E-state index in [0.29, 0.717) is 29.6 Å². The highest BCUT2D eigenvalue weighted by Gasteiger charge is 2.27. The molecule has 6 rings (SSSR count). The van der Waals surface area contributed by atoms with Gasteiger partial charge in [0, 0.05) is 35.9 Å². The van der Waals surface area contributed by atoms with Crippen LogP contribution in [0.4, 0.5) is 10.2 Å². The van der Waals surface area contributed by atoms with E-state index in [-0.39, 0.29) is 11.9 Å². The number of pyridine rings is 2. The monoisotopic (exact) mass is 456 g/mol. The van der Waals surface area contributed by atoms with E-state index in [0.717, 1.165) is 45.7 Å². The van der Waals surface area contributed by atoms with Gasteiger partial charge in [0.15, 0.2) is 11.6 Å². The van der Waals surface area contributed by atoms with Crippen molar-refractivity contribution in [2.45, 2.75) is 45.8 Å². The van der Waals surface area contributed by atoms with E-state index in [1.807, 2.05) is 36.7 Å². The Bertz CT molecular complexity index is 1410. The number of nitrogen functional groups attached to an aromatic ring is 1. The number of fused-ring (bicyclic) bond motifs is 7. The molecule has 1 atom stereocenters.